The summed E-state index contributed by atoms with van der Waals surface area (Å²) in [5, 5.41) is 6.21. The molecule has 0 heterocycles. The van der Waals surface area contributed by atoms with Gasteiger partial charge in [0.25, 0.3) is 0 Å². The molecule has 3 nitrogen and oxygen atoms in total. The van der Waals surface area contributed by atoms with Gasteiger partial charge in [-0.15, -0.1) is 0 Å². The number of nitrogens with one attached hydrogen (secondary N) is 2. The molecule has 0 saturated carbocycles. The summed E-state index contributed by atoms with van der Waals surface area (Å²) >= 11 is 0. The number of likely N-dealkylation sites (N-methyl/N-ethyl adjacent to an activating group) is 3. The van der Waals surface area contributed by atoms with Gasteiger partial charge in [0.15, 0.2) is 0 Å². The molecular formula is C14H27N3. The molecule has 17 heavy (non-hydrogen) atoms. The monoisotopic (exact) mass is 237 g/mol. The molecular weight excluding hydrogens is 210 g/mol. The summed E-state index contributed by atoms with van der Waals surface area (Å²) in [4.78, 5) is 2.37. The van der Waals surface area contributed by atoms with Crippen LogP contribution in [0.1, 0.15) is 20.8 Å². The highest BCUT2D eigenvalue weighted by atomic mass is 15.1. The topological polar surface area (TPSA) is 27.3 Å². The van der Waals surface area contributed by atoms with Gasteiger partial charge in [0, 0.05) is 38.1 Å². The number of hydrogen-bond donors (Lipinski definition) is 2. The molecule has 0 bridgehead atoms. The molecule has 0 unspecified atom stereocenters. The Labute approximate surface area is 106 Å². The van der Waals surface area contributed by atoms with Crippen LogP contribution in [0.25, 0.3) is 0 Å². The summed E-state index contributed by atoms with van der Waals surface area (Å²) in [5.41, 5.74) is 3.52. The van der Waals surface area contributed by atoms with Crippen LogP contribution in [0.3, 0.4) is 0 Å². The molecule has 0 aliphatic carbocycles. The summed E-state index contributed by atoms with van der Waals surface area (Å²) < 4.78 is 0. The Bertz CT molecular complexity index is 286. The highest BCUT2D eigenvalue weighted by Gasteiger charge is 2.05. The minimum atomic E-state index is 0.924. The van der Waals surface area contributed by atoms with Gasteiger partial charge in [-0.05, 0) is 40.0 Å². The molecule has 0 saturated heterocycles. The predicted octanol–water partition coefficient (Wildman–Crippen LogP) is 2.11. The van der Waals surface area contributed by atoms with E-state index in [2.05, 4.69) is 49.0 Å². The van der Waals surface area contributed by atoms with E-state index in [0.29, 0.717) is 0 Å². The fourth-order valence-corrected chi connectivity index (χ4v) is 1.55. The van der Waals surface area contributed by atoms with Crippen molar-refractivity contribution < 1.29 is 0 Å². The lowest BCUT2D eigenvalue weighted by atomic mass is 10.2. The van der Waals surface area contributed by atoms with Crippen LogP contribution in [0.5, 0.6) is 0 Å². The smallest absolute Gasteiger partial charge is 0.0353 e. The van der Waals surface area contributed by atoms with Crippen LogP contribution >= 0.6 is 0 Å². The number of rotatable bonds is 8. The van der Waals surface area contributed by atoms with Gasteiger partial charge in [-0.1, -0.05) is 12.2 Å². The third-order valence-electron chi connectivity index (χ3n) is 2.63. The maximum Gasteiger partial charge on any atom is 0.0353 e. The van der Waals surface area contributed by atoms with Gasteiger partial charge in [0.1, 0.15) is 0 Å². The van der Waals surface area contributed by atoms with Gasteiger partial charge in [-0.25, -0.2) is 0 Å². The van der Waals surface area contributed by atoms with E-state index in [1.54, 1.807) is 0 Å². The average molecular weight is 237 g/mol. The highest BCUT2D eigenvalue weighted by molar-refractivity contribution is 5.27. The standard InChI is InChI=1S/C14H27N3/c1-7-17(11-10-15-5)14(12(2)3)9-8-13(4)16-6/h8-9,15-16H,4,7,10-11H2,1-3,5-6H3/b9-8-. The molecule has 2 N–H and O–H groups in total. The Morgan fingerprint density at radius 2 is 1.88 bits per heavy atom. The van der Waals surface area contributed by atoms with Gasteiger partial charge < -0.3 is 15.5 Å². The van der Waals surface area contributed by atoms with Crippen molar-refractivity contribution in [1.29, 1.82) is 0 Å². The Kier molecular flexibility index (Phi) is 8.24. The molecule has 0 aromatic carbocycles. The first-order valence-corrected chi connectivity index (χ1v) is 6.18. The average Bonchev–Trinajstić information content (AvgIpc) is 2.32. The zero-order chi connectivity index (χ0) is 13.3. The number of nitrogens with zero attached hydrogens (tertiary/aromatic N) is 1. The summed E-state index contributed by atoms with van der Waals surface area (Å²) in [6, 6.07) is 0. The summed E-state index contributed by atoms with van der Waals surface area (Å²) in [6.07, 6.45) is 4.15. The first-order chi connectivity index (χ1) is 8.06. The fraction of sp³-hybridized carbons (Fsp3) is 0.571. The molecule has 0 radical (unpaired) electrons. The lowest BCUT2D eigenvalue weighted by molar-refractivity contribution is 0.370. The minimum absolute atomic E-state index is 0.924. The van der Waals surface area contributed by atoms with Gasteiger partial charge in [0.2, 0.25) is 0 Å². The van der Waals surface area contributed by atoms with E-state index in [1.807, 2.05) is 20.2 Å². The van der Waals surface area contributed by atoms with Crippen LogP contribution in [0, 0.1) is 0 Å². The third kappa shape index (κ3) is 6.17. The highest BCUT2D eigenvalue weighted by Crippen LogP contribution is 2.12. The van der Waals surface area contributed by atoms with Crippen molar-refractivity contribution in [2.24, 2.45) is 0 Å². The first kappa shape index (κ1) is 15.8. The maximum atomic E-state index is 3.90. The van der Waals surface area contributed by atoms with Crippen LogP contribution in [-0.2, 0) is 0 Å². The molecule has 0 atom stereocenters. The largest absolute Gasteiger partial charge is 0.389 e. The number of hydrogen-bond acceptors (Lipinski definition) is 3. The first-order valence-electron chi connectivity index (χ1n) is 6.18. The van der Waals surface area contributed by atoms with E-state index < -0.39 is 0 Å². The second-order valence-corrected chi connectivity index (χ2v) is 4.18. The molecule has 0 aromatic rings. The van der Waals surface area contributed by atoms with Gasteiger partial charge >= 0.3 is 0 Å². The summed E-state index contributed by atoms with van der Waals surface area (Å²) in [7, 11) is 3.86. The quantitative estimate of drug-likeness (QED) is 0.633. The van der Waals surface area contributed by atoms with Crippen LogP contribution in [0.2, 0.25) is 0 Å². The van der Waals surface area contributed by atoms with Crippen molar-refractivity contribution in [2.75, 3.05) is 33.7 Å². The van der Waals surface area contributed by atoms with Crippen LogP contribution in [0.4, 0.5) is 0 Å². The van der Waals surface area contributed by atoms with Crippen LogP contribution in [-0.4, -0.2) is 38.6 Å². The molecule has 0 aliphatic heterocycles. The van der Waals surface area contributed by atoms with E-state index in [4.69, 9.17) is 0 Å². The molecule has 0 amide bonds. The van der Waals surface area contributed by atoms with E-state index in [9.17, 15) is 0 Å². The Balaban J connectivity index is 4.78. The Hall–Kier alpha value is -1.22. The molecule has 0 spiro atoms. The van der Waals surface area contributed by atoms with Crippen molar-refractivity contribution in [1.82, 2.24) is 15.5 Å². The predicted molar refractivity (Wildman–Crippen MR) is 76.9 cm³/mol. The summed E-state index contributed by atoms with van der Waals surface area (Å²) in [5.74, 6) is 0. The van der Waals surface area contributed by atoms with E-state index >= 15 is 0 Å². The van der Waals surface area contributed by atoms with Crippen molar-refractivity contribution in [3.05, 3.63) is 35.7 Å². The van der Waals surface area contributed by atoms with Crippen molar-refractivity contribution >= 4 is 0 Å². The maximum absolute atomic E-state index is 3.90. The van der Waals surface area contributed by atoms with Crippen LogP contribution < -0.4 is 10.6 Å². The normalized spacial score (nSPS) is 10.4. The molecule has 0 aromatic heterocycles. The second-order valence-electron chi connectivity index (χ2n) is 4.18. The molecule has 0 rings (SSSR count). The molecule has 3 heteroatoms. The Morgan fingerprint density at radius 1 is 1.24 bits per heavy atom. The third-order valence-corrected chi connectivity index (χ3v) is 2.63. The molecule has 98 valence electrons. The lowest BCUT2D eigenvalue weighted by Gasteiger charge is -2.25. The van der Waals surface area contributed by atoms with E-state index in [0.717, 1.165) is 25.3 Å². The van der Waals surface area contributed by atoms with Crippen molar-refractivity contribution in [3.8, 4) is 0 Å². The summed E-state index contributed by atoms with van der Waals surface area (Å²) in [6.45, 7) is 13.4. The van der Waals surface area contributed by atoms with Gasteiger partial charge in [-0.2, -0.15) is 0 Å². The van der Waals surface area contributed by atoms with E-state index in [-0.39, 0.29) is 0 Å². The number of allylic oxidation sites excluding steroid dienone is 3. The SMILES string of the molecule is C=C(/C=C\C(=C(C)C)N(CC)CCNC)NC. The Morgan fingerprint density at radius 3 is 2.29 bits per heavy atom. The van der Waals surface area contributed by atoms with Crippen molar-refractivity contribution in [3.63, 3.8) is 0 Å². The molecule has 0 aliphatic rings. The fourth-order valence-electron chi connectivity index (χ4n) is 1.55. The lowest BCUT2D eigenvalue weighted by Crippen LogP contribution is -2.30. The van der Waals surface area contributed by atoms with Gasteiger partial charge in [0.05, 0.1) is 0 Å². The second kappa shape index (κ2) is 8.88. The van der Waals surface area contributed by atoms with Gasteiger partial charge in [-0.3, -0.25) is 0 Å². The molecule has 0 fully saturated rings. The van der Waals surface area contributed by atoms with Crippen LogP contribution in [0.15, 0.2) is 35.7 Å². The zero-order valence-electron chi connectivity index (χ0n) is 11.9. The minimum Gasteiger partial charge on any atom is -0.389 e. The van der Waals surface area contributed by atoms with E-state index in [1.165, 1.54) is 11.3 Å². The zero-order valence-corrected chi connectivity index (χ0v) is 11.9. The van der Waals surface area contributed by atoms with Crippen molar-refractivity contribution in [2.45, 2.75) is 20.8 Å².